The first kappa shape index (κ1) is 27.9. The van der Waals surface area contributed by atoms with Gasteiger partial charge < -0.3 is 15.1 Å². The van der Waals surface area contributed by atoms with E-state index < -0.39 is 0 Å². The standard InChI is InChI=1S/C17H35N3.C5H10.C2H6.CH4/c1-4-17(9-12-19(2)3)7-5-16(6-8-17)15-20-13-10-18-11-14-20;1-2-5-3-4-5;1-2;/h16,18H,4-15H2,1-3H3;5H,2-4H2,1H3;1-2H3;1H4. The first-order chi connectivity index (χ1) is 13.1. The van der Waals surface area contributed by atoms with E-state index in [2.05, 4.69) is 43.1 Å². The summed E-state index contributed by atoms with van der Waals surface area (Å²) < 4.78 is 0. The molecule has 3 fully saturated rings. The zero-order valence-corrected chi connectivity index (χ0v) is 19.7. The lowest BCUT2D eigenvalue weighted by Gasteiger charge is -2.42. The zero-order chi connectivity index (χ0) is 20.1. The van der Waals surface area contributed by atoms with Gasteiger partial charge in [-0.25, -0.2) is 0 Å². The number of rotatable bonds is 7. The maximum absolute atomic E-state index is 3.46. The van der Waals surface area contributed by atoms with Crippen LogP contribution in [0.5, 0.6) is 0 Å². The Morgan fingerprint density at radius 3 is 1.89 bits per heavy atom. The molecule has 0 aromatic rings. The molecule has 3 aliphatic rings. The third-order valence-electron chi connectivity index (χ3n) is 7.01. The Hall–Kier alpha value is -0.120. The van der Waals surface area contributed by atoms with Crippen LogP contribution in [-0.2, 0) is 0 Å². The van der Waals surface area contributed by atoms with Gasteiger partial charge in [0.2, 0.25) is 0 Å². The molecule has 1 N–H and O–H groups in total. The molecule has 0 unspecified atom stereocenters. The lowest BCUT2D eigenvalue weighted by atomic mass is 9.67. The normalized spacial score (nSPS) is 27.8. The van der Waals surface area contributed by atoms with Crippen molar-refractivity contribution < 1.29 is 0 Å². The Bertz CT molecular complexity index is 338. The van der Waals surface area contributed by atoms with Crippen LogP contribution in [0.4, 0.5) is 0 Å². The minimum absolute atomic E-state index is 0. The second-order valence-electron chi connectivity index (χ2n) is 9.25. The predicted molar refractivity (Wildman–Crippen MR) is 128 cm³/mol. The van der Waals surface area contributed by atoms with Crippen molar-refractivity contribution >= 4 is 0 Å². The minimum Gasteiger partial charge on any atom is -0.314 e. The molecule has 1 aliphatic heterocycles. The summed E-state index contributed by atoms with van der Waals surface area (Å²) in [6.07, 6.45) is 13.1. The Kier molecular flexibility index (Phi) is 15.6. The van der Waals surface area contributed by atoms with E-state index in [1.807, 2.05) is 13.8 Å². The molecule has 2 saturated carbocycles. The topological polar surface area (TPSA) is 18.5 Å². The fourth-order valence-corrected chi connectivity index (χ4v) is 4.50. The summed E-state index contributed by atoms with van der Waals surface area (Å²) in [6.45, 7) is 16.2. The molecule has 1 saturated heterocycles. The molecule has 3 heteroatoms. The largest absolute Gasteiger partial charge is 0.314 e. The molecule has 2 aliphatic carbocycles. The maximum atomic E-state index is 3.46. The van der Waals surface area contributed by atoms with Crippen molar-refractivity contribution in [1.82, 2.24) is 15.1 Å². The van der Waals surface area contributed by atoms with Crippen LogP contribution >= 0.6 is 0 Å². The van der Waals surface area contributed by atoms with Crippen molar-refractivity contribution in [2.45, 2.75) is 92.9 Å². The average molecular weight is 398 g/mol. The van der Waals surface area contributed by atoms with Crippen molar-refractivity contribution in [2.75, 3.05) is 53.4 Å². The first-order valence-electron chi connectivity index (χ1n) is 12.1. The molecule has 3 rings (SSSR count). The summed E-state index contributed by atoms with van der Waals surface area (Å²) >= 11 is 0. The van der Waals surface area contributed by atoms with Crippen molar-refractivity contribution in [3.63, 3.8) is 0 Å². The van der Waals surface area contributed by atoms with Gasteiger partial charge >= 0.3 is 0 Å². The van der Waals surface area contributed by atoms with E-state index in [9.17, 15) is 0 Å². The second-order valence-corrected chi connectivity index (χ2v) is 9.25. The van der Waals surface area contributed by atoms with Crippen LogP contribution in [0.3, 0.4) is 0 Å². The highest BCUT2D eigenvalue weighted by Gasteiger charge is 2.34. The van der Waals surface area contributed by atoms with Gasteiger partial charge in [-0.2, -0.15) is 0 Å². The highest BCUT2D eigenvalue weighted by atomic mass is 15.2. The van der Waals surface area contributed by atoms with E-state index in [-0.39, 0.29) is 7.43 Å². The van der Waals surface area contributed by atoms with Crippen LogP contribution in [0.1, 0.15) is 92.9 Å². The van der Waals surface area contributed by atoms with Gasteiger partial charge in [0.1, 0.15) is 0 Å². The van der Waals surface area contributed by atoms with Crippen LogP contribution in [0.15, 0.2) is 0 Å². The fraction of sp³-hybridized carbons (Fsp3) is 1.00. The third kappa shape index (κ3) is 11.2. The van der Waals surface area contributed by atoms with Crippen LogP contribution in [0.25, 0.3) is 0 Å². The van der Waals surface area contributed by atoms with Gasteiger partial charge in [0.05, 0.1) is 0 Å². The van der Waals surface area contributed by atoms with Crippen LogP contribution in [0.2, 0.25) is 0 Å². The van der Waals surface area contributed by atoms with E-state index in [4.69, 9.17) is 0 Å². The van der Waals surface area contributed by atoms with E-state index >= 15 is 0 Å². The smallest absolute Gasteiger partial charge is 0.0107 e. The Labute approximate surface area is 179 Å². The molecule has 28 heavy (non-hydrogen) atoms. The molecule has 0 radical (unpaired) electrons. The molecule has 3 nitrogen and oxygen atoms in total. The SMILES string of the molecule is C.CC.CCC1(CCN(C)C)CCC(CN2CCNCC2)CC1.CCC1CC1. The van der Waals surface area contributed by atoms with E-state index in [0.29, 0.717) is 5.41 Å². The van der Waals surface area contributed by atoms with Gasteiger partial charge in [0.25, 0.3) is 0 Å². The lowest BCUT2D eigenvalue weighted by molar-refractivity contribution is 0.0943. The van der Waals surface area contributed by atoms with Gasteiger partial charge in [0.15, 0.2) is 0 Å². The summed E-state index contributed by atoms with van der Waals surface area (Å²) in [5.74, 6) is 2.10. The highest BCUT2D eigenvalue weighted by Crippen LogP contribution is 2.44. The highest BCUT2D eigenvalue weighted by molar-refractivity contribution is 4.86. The summed E-state index contributed by atoms with van der Waals surface area (Å²) in [5, 5.41) is 3.46. The van der Waals surface area contributed by atoms with E-state index in [0.717, 1.165) is 11.8 Å². The van der Waals surface area contributed by atoms with Crippen molar-refractivity contribution in [2.24, 2.45) is 17.3 Å². The third-order valence-corrected chi connectivity index (χ3v) is 7.01. The number of nitrogens with zero attached hydrogens (tertiary/aromatic N) is 2. The minimum atomic E-state index is 0. The van der Waals surface area contributed by atoms with Gasteiger partial charge in [-0.3, -0.25) is 0 Å². The van der Waals surface area contributed by atoms with Crippen molar-refractivity contribution in [3.05, 3.63) is 0 Å². The summed E-state index contributed by atoms with van der Waals surface area (Å²) in [6, 6.07) is 0. The fourth-order valence-electron chi connectivity index (χ4n) is 4.50. The summed E-state index contributed by atoms with van der Waals surface area (Å²) in [7, 11) is 4.42. The molecule has 1 heterocycles. The van der Waals surface area contributed by atoms with Crippen molar-refractivity contribution in [1.29, 1.82) is 0 Å². The lowest BCUT2D eigenvalue weighted by Crippen LogP contribution is -2.46. The average Bonchev–Trinajstić information content (AvgIpc) is 3.55. The molecule has 0 amide bonds. The zero-order valence-electron chi connectivity index (χ0n) is 19.7. The second kappa shape index (κ2) is 15.7. The van der Waals surface area contributed by atoms with Gasteiger partial charge in [-0.15, -0.1) is 0 Å². The van der Waals surface area contributed by atoms with Crippen LogP contribution in [-0.4, -0.2) is 63.2 Å². The number of hydrogen-bond acceptors (Lipinski definition) is 3. The van der Waals surface area contributed by atoms with Crippen molar-refractivity contribution in [3.8, 4) is 0 Å². The number of hydrogen-bond donors (Lipinski definition) is 1. The molecule has 0 atom stereocenters. The Morgan fingerprint density at radius 1 is 0.929 bits per heavy atom. The predicted octanol–water partition coefficient (Wildman–Crippen LogP) is 5.90. The maximum Gasteiger partial charge on any atom is 0.0107 e. The van der Waals surface area contributed by atoms with Crippen LogP contribution < -0.4 is 5.32 Å². The number of nitrogens with one attached hydrogen (secondary N) is 1. The molecule has 170 valence electrons. The van der Waals surface area contributed by atoms with Crippen LogP contribution in [0, 0.1) is 17.3 Å². The Morgan fingerprint density at radius 2 is 1.50 bits per heavy atom. The van der Waals surface area contributed by atoms with Gasteiger partial charge in [-0.05, 0) is 70.0 Å². The molecule has 0 aromatic heterocycles. The first-order valence-corrected chi connectivity index (χ1v) is 12.1. The molecule has 0 aromatic carbocycles. The molecular weight excluding hydrogens is 342 g/mol. The molecular formula is C25H55N3. The number of piperazine rings is 1. The van der Waals surface area contributed by atoms with E-state index in [1.54, 1.807) is 0 Å². The molecule has 0 spiro atoms. The quantitative estimate of drug-likeness (QED) is 0.577. The van der Waals surface area contributed by atoms with E-state index in [1.165, 1.54) is 97.1 Å². The van der Waals surface area contributed by atoms with Gasteiger partial charge in [-0.1, -0.05) is 60.8 Å². The summed E-state index contributed by atoms with van der Waals surface area (Å²) in [5.41, 5.74) is 0.657. The Balaban J connectivity index is 0.000000778. The van der Waals surface area contributed by atoms with Gasteiger partial charge in [0, 0.05) is 32.7 Å². The summed E-state index contributed by atoms with van der Waals surface area (Å²) in [4.78, 5) is 5.03. The molecule has 0 bridgehead atoms. The monoisotopic (exact) mass is 397 g/mol.